The van der Waals surface area contributed by atoms with Crippen LogP contribution in [0.1, 0.15) is 37.4 Å². The third kappa shape index (κ3) is 5.05. The van der Waals surface area contributed by atoms with Gasteiger partial charge in [0.1, 0.15) is 0 Å². The normalized spacial score (nSPS) is 16.8. The zero-order valence-corrected chi connectivity index (χ0v) is 17.3. The van der Waals surface area contributed by atoms with E-state index in [2.05, 4.69) is 0 Å². The summed E-state index contributed by atoms with van der Waals surface area (Å²) in [7, 11) is 0. The molecule has 2 aromatic rings. The van der Waals surface area contributed by atoms with Gasteiger partial charge in [0.15, 0.2) is 11.5 Å². The number of benzene rings is 2. The van der Waals surface area contributed by atoms with Gasteiger partial charge in [-0.1, -0.05) is 66.7 Å². The van der Waals surface area contributed by atoms with Crippen LogP contribution < -0.4 is 0 Å². The fraction of sp³-hybridized carbons (Fsp3) is 0.280. The highest BCUT2D eigenvalue weighted by Crippen LogP contribution is 2.38. The summed E-state index contributed by atoms with van der Waals surface area (Å²) < 4.78 is 5.57. The van der Waals surface area contributed by atoms with Crippen molar-refractivity contribution < 1.29 is 19.4 Å². The molecular formula is C25H27NO4. The second-order valence-electron chi connectivity index (χ2n) is 7.46. The average molecular weight is 405 g/mol. The first-order valence-corrected chi connectivity index (χ1v) is 10.2. The van der Waals surface area contributed by atoms with Gasteiger partial charge in [-0.05, 0) is 37.5 Å². The van der Waals surface area contributed by atoms with Gasteiger partial charge in [0.2, 0.25) is 0 Å². The van der Waals surface area contributed by atoms with Crippen LogP contribution in [0, 0.1) is 0 Å². The van der Waals surface area contributed by atoms with Crippen LogP contribution in [0.3, 0.4) is 0 Å². The lowest BCUT2D eigenvalue weighted by Crippen LogP contribution is -2.32. The minimum Gasteiger partial charge on any atom is -0.503 e. The molecule has 156 valence electrons. The molecule has 1 aliphatic heterocycles. The van der Waals surface area contributed by atoms with Gasteiger partial charge < -0.3 is 14.7 Å². The fourth-order valence-corrected chi connectivity index (χ4v) is 3.50. The molecule has 1 heterocycles. The number of hydrogen-bond donors (Lipinski definition) is 1. The van der Waals surface area contributed by atoms with Gasteiger partial charge in [-0.2, -0.15) is 0 Å². The summed E-state index contributed by atoms with van der Waals surface area (Å²) in [5, 5.41) is 10.6. The van der Waals surface area contributed by atoms with E-state index in [0.717, 1.165) is 11.1 Å². The lowest BCUT2D eigenvalue weighted by Gasteiger charge is -2.26. The molecule has 0 saturated carbocycles. The Morgan fingerprint density at radius 1 is 1.10 bits per heavy atom. The molecule has 0 radical (unpaired) electrons. The molecule has 1 amide bonds. The molecular weight excluding hydrogens is 378 g/mol. The van der Waals surface area contributed by atoms with Gasteiger partial charge in [0.25, 0.3) is 5.91 Å². The first-order chi connectivity index (χ1) is 14.5. The van der Waals surface area contributed by atoms with Gasteiger partial charge in [-0.15, -0.1) is 0 Å². The molecule has 3 rings (SSSR count). The van der Waals surface area contributed by atoms with Crippen LogP contribution in [0.5, 0.6) is 0 Å². The highest BCUT2D eigenvalue weighted by molar-refractivity contribution is 6.14. The summed E-state index contributed by atoms with van der Waals surface area (Å²) in [4.78, 5) is 27.4. The summed E-state index contributed by atoms with van der Waals surface area (Å²) in [5.74, 6) is -1.37. The Bertz CT molecular complexity index is 932. The second-order valence-corrected chi connectivity index (χ2v) is 7.46. The maximum atomic E-state index is 13.0. The third-order valence-corrected chi connectivity index (χ3v) is 4.91. The number of allylic oxidation sites excluding steroid dienone is 1. The van der Waals surface area contributed by atoms with Crippen molar-refractivity contribution in [1.29, 1.82) is 0 Å². The van der Waals surface area contributed by atoms with Crippen LogP contribution in [0.2, 0.25) is 0 Å². The van der Waals surface area contributed by atoms with E-state index in [4.69, 9.17) is 4.74 Å². The summed E-state index contributed by atoms with van der Waals surface area (Å²) in [5.41, 5.74) is 1.77. The molecule has 30 heavy (non-hydrogen) atoms. The van der Waals surface area contributed by atoms with Gasteiger partial charge in [0, 0.05) is 13.2 Å². The zero-order chi connectivity index (χ0) is 21.5. The van der Waals surface area contributed by atoms with Crippen molar-refractivity contribution in [2.45, 2.75) is 32.4 Å². The number of ether oxygens (including phenoxy) is 1. The molecule has 0 saturated heterocycles. The third-order valence-electron chi connectivity index (χ3n) is 4.91. The molecule has 1 aliphatic rings. The van der Waals surface area contributed by atoms with Crippen LogP contribution in [-0.2, 0) is 14.3 Å². The molecule has 2 aromatic carbocycles. The first-order valence-electron chi connectivity index (χ1n) is 10.2. The molecule has 5 heteroatoms. The predicted molar refractivity (Wildman–Crippen MR) is 117 cm³/mol. The molecule has 0 spiro atoms. The van der Waals surface area contributed by atoms with E-state index in [1.807, 2.05) is 74.5 Å². The van der Waals surface area contributed by atoms with Crippen LogP contribution in [-0.4, -0.2) is 41.0 Å². The summed E-state index contributed by atoms with van der Waals surface area (Å²) >= 11 is 0. The van der Waals surface area contributed by atoms with Crippen LogP contribution in [0.25, 0.3) is 6.08 Å². The molecule has 0 unspecified atom stereocenters. The minimum absolute atomic E-state index is 0.107. The topological polar surface area (TPSA) is 66.8 Å². The molecule has 0 aromatic heterocycles. The molecule has 1 atom stereocenters. The lowest BCUT2D eigenvalue weighted by atomic mass is 9.95. The van der Waals surface area contributed by atoms with E-state index in [1.165, 1.54) is 6.08 Å². The van der Waals surface area contributed by atoms with E-state index >= 15 is 0 Å². The van der Waals surface area contributed by atoms with Crippen LogP contribution in [0.4, 0.5) is 0 Å². The highest BCUT2D eigenvalue weighted by atomic mass is 16.5. The van der Waals surface area contributed by atoms with E-state index in [-0.39, 0.29) is 17.5 Å². The van der Waals surface area contributed by atoms with Gasteiger partial charge in [-0.3, -0.25) is 9.59 Å². The zero-order valence-electron chi connectivity index (χ0n) is 17.3. The van der Waals surface area contributed by atoms with Crippen molar-refractivity contribution in [2.24, 2.45) is 0 Å². The van der Waals surface area contributed by atoms with Crippen molar-refractivity contribution in [3.05, 3.63) is 89.2 Å². The Morgan fingerprint density at radius 3 is 2.37 bits per heavy atom. The predicted octanol–water partition coefficient (Wildman–Crippen LogP) is 4.48. The van der Waals surface area contributed by atoms with Gasteiger partial charge in [-0.25, -0.2) is 0 Å². The summed E-state index contributed by atoms with van der Waals surface area (Å²) in [6.07, 6.45) is 3.82. The maximum absolute atomic E-state index is 13.0. The second kappa shape index (κ2) is 10.0. The average Bonchev–Trinajstić information content (AvgIpc) is 3.01. The van der Waals surface area contributed by atoms with E-state index in [9.17, 15) is 14.7 Å². The van der Waals surface area contributed by atoms with Crippen molar-refractivity contribution in [2.75, 3.05) is 13.2 Å². The SMILES string of the molecule is CC(C)OCCCN1C(=O)C(O)=C(C(=O)/C=C/c2ccccc2)[C@@H]1c1ccccc1. The standard InChI is InChI=1S/C25H27NO4/c1-18(2)30-17-9-16-26-23(20-12-7-4-8-13-20)22(24(28)25(26)29)21(27)15-14-19-10-5-3-6-11-19/h3-8,10-15,18,23,28H,9,16-17H2,1-2H3/b15-14+/t23-/m0/s1. The van der Waals surface area contributed by atoms with Crippen LogP contribution >= 0.6 is 0 Å². The Labute approximate surface area is 177 Å². The van der Waals surface area contributed by atoms with Crippen LogP contribution in [0.15, 0.2) is 78.1 Å². The minimum atomic E-state index is -0.620. The number of rotatable bonds is 9. The lowest BCUT2D eigenvalue weighted by molar-refractivity contribution is -0.129. The number of ketones is 1. The maximum Gasteiger partial charge on any atom is 0.290 e. The van der Waals surface area contributed by atoms with E-state index in [0.29, 0.717) is 19.6 Å². The first kappa shape index (κ1) is 21.5. The monoisotopic (exact) mass is 405 g/mol. The number of aliphatic hydroxyl groups is 1. The Balaban J connectivity index is 1.86. The summed E-state index contributed by atoms with van der Waals surface area (Å²) in [6, 6.07) is 18.1. The van der Waals surface area contributed by atoms with E-state index in [1.54, 1.807) is 11.0 Å². The number of hydrogen-bond acceptors (Lipinski definition) is 4. The molecule has 1 N–H and O–H groups in total. The summed E-state index contributed by atoms with van der Waals surface area (Å²) in [6.45, 7) is 4.79. The van der Waals surface area contributed by atoms with Crippen molar-refractivity contribution in [3.63, 3.8) is 0 Å². The number of nitrogens with zero attached hydrogens (tertiary/aromatic N) is 1. The van der Waals surface area contributed by atoms with Gasteiger partial charge in [0.05, 0.1) is 17.7 Å². The molecule has 0 fully saturated rings. The number of aliphatic hydroxyl groups excluding tert-OH is 1. The Morgan fingerprint density at radius 2 is 1.73 bits per heavy atom. The Hall–Kier alpha value is -3.18. The molecule has 5 nitrogen and oxygen atoms in total. The smallest absolute Gasteiger partial charge is 0.290 e. The highest BCUT2D eigenvalue weighted by Gasteiger charge is 2.42. The van der Waals surface area contributed by atoms with E-state index < -0.39 is 17.7 Å². The van der Waals surface area contributed by atoms with Crippen molar-refractivity contribution >= 4 is 17.8 Å². The molecule has 0 aliphatic carbocycles. The number of carbonyl (C=O) groups is 2. The number of carbonyl (C=O) groups excluding carboxylic acids is 2. The fourth-order valence-electron chi connectivity index (χ4n) is 3.50. The Kier molecular flexibility index (Phi) is 7.20. The van der Waals surface area contributed by atoms with Crippen molar-refractivity contribution in [3.8, 4) is 0 Å². The quantitative estimate of drug-likeness (QED) is 0.493. The molecule has 0 bridgehead atoms. The largest absolute Gasteiger partial charge is 0.503 e. The van der Waals surface area contributed by atoms with Crippen molar-refractivity contribution in [1.82, 2.24) is 4.90 Å². The number of amides is 1. The van der Waals surface area contributed by atoms with Gasteiger partial charge >= 0.3 is 0 Å².